The highest BCUT2D eigenvalue weighted by Gasteiger charge is 2.25. The second-order valence-electron chi connectivity index (χ2n) is 4.02. The van der Waals surface area contributed by atoms with Crippen molar-refractivity contribution in [3.63, 3.8) is 0 Å². The molecule has 116 valence electrons. The van der Waals surface area contributed by atoms with Crippen LogP contribution >= 0.6 is 23.5 Å². The second-order valence-corrected chi connectivity index (χ2v) is 5.99. The van der Waals surface area contributed by atoms with Crippen molar-refractivity contribution in [2.45, 2.75) is 24.9 Å². The number of hydrogen-bond acceptors (Lipinski definition) is 5. The van der Waals surface area contributed by atoms with Gasteiger partial charge in [-0.3, -0.25) is 4.79 Å². The van der Waals surface area contributed by atoms with Crippen LogP contribution in [0.25, 0.3) is 0 Å². The molecule has 20 heavy (non-hydrogen) atoms. The van der Waals surface area contributed by atoms with Gasteiger partial charge in [0.25, 0.3) is 0 Å². The fourth-order valence-electron chi connectivity index (χ4n) is 1.44. The zero-order chi connectivity index (χ0) is 15.5. The highest BCUT2D eigenvalue weighted by molar-refractivity contribution is 7.98. The van der Waals surface area contributed by atoms with Crippen molar-refractivity contribution < 1.29 is 19.5 Å². The number of rotatable bonds is 10. The summed E-state index contributed by atoms with van der Waals surface area (Å²) in [5.74, 6) is -0.335. The number of carbonyl (C=O) groups excluding carboxylic acids is 2. The van der Waals surface area contributed by atoms with Crippen molar-refractivity contribution in [3.8, 4) is 0 Å². The Labute approximate surface area is 126 Å². The lowest BCUT2D eigenvalue weighted by molar-refractivity contribution is -0.142. The maximum Gasteiger partial charge on any atom is 0.326 e. The number of hydrogen-bond donors (Lipinski definition) is 4. The number of amides is 3. The molecular weight excluding hydrogens is 302 g/mol. The first-order valence-corrected chi connectivity index (χ1v) is 8.78. The Bertz CT molecular complexity index is 342. The van der Waals surface area contributed by atoms with Crippen LogP contribution in [0, 0.1) is 0 Å². The van der Waals surface area contributed by atoms with Gasteiger partial charge in [0, 0.05) is 0 Å². The van der Waals surface area contributed by atoms with Gasteiger partial charge in [0.15, 0.2) is 0 Å². The highest BCUT2D eigenvalue weighted by atomic mass is 32.2. The van der Waals surface area contributed by atoms with E-state index in [1.807, 2.05) is 12.5 Å². The van der Waals surface area contributed by atoms with Crippen LogP contribution in [-0.4, -0.2) is 59.1 Å². The average Bonchev–Trinajstić information content (AvgIpc) is 2.38. The molecular formula is C11H21N3O4S2. The molecule has 0 saturated heterocycles. The fraction of sp³-hybridized carbons (Fsp3) is 0.727. The fourth-order valence-corrected chi connectivity index (χ4v) is 2.38. The van der Waals surface area contributed by atoms with E-state index in [-0.39, 0.29) is 0 Å². The van der Waals surface area contributed by atoms with Gasteiger partial charge < -0.3 is 21.5 Å². The molecule has 0 aromatic carbocycles. The molecule has 0 fully saturated rings. The Morgan fingerprint density at radius 2 is 1.55 bits per heavy atom. The molecule has 0 aliphatic heterocycles. The number of thioether (sulfide) groups is 2. The van der Waals surface area contributed by atoms with E-state index in [1.54, 1.807) is 0 Å². The minimum atomic E-state index is -1.09. The van der Waals surface area contributed by atoms with Crippen LogP contribution in [0.3, 0.4) is 0 Å². The molecule has 0 radical (unpaired) electrons. The predicted molar refractivity (Wildman–Crippen MR) is 82.1 cm³/mol. The summed E-state index contributed by atoms with van der Waals surface area (Å²) in [4.78, 5) is 33.9. The molecule has 3 amide bonds. The number of carbonyl (C=O) groups is 3. The van der Waals surface area contributed by atoms with Crippen molar-refractivity contribution in [3.05, 3.63) is 0 Å². The minimum absolute atomic E-state index is 0.327. The molecule has 2 atom stereocenters. The average molecular weight is 323 g/mol. The van der Waals surface area contributed by atoms with Gasteiger partial charge in [-0.1, -0.05) is 0 Å². The quantitative estimate of drug-likeness (QED) is 0.452. The van der Waals surface area contributed by atoms with Gasteiger partial charge in [-0.15, -0.1) is 0 Å². The SMILES string of the molecule is CSCCC(NC(N)=O)C(=O)N[C@@H](CCSC)C(=O)O. The molecule has 0 aromatic rings. The van der Waals surface area contributed by atoms with Crippen LogP contribution in [0.15, 0.2) is 0 Å². The lowest BCUT2D eigenvalue weighted by atomic mass is 10.1. The van der Waals surface area contributed by atoms with Gasteiger partial charge in [0.2, 0.25) is 5.91 Å². The molecule has 1 unspecified atom stereocenters. The van der Waals surface area contributed by atoms with Crippen LogP contribution < -0.4 is 16.4 Å². The second kappa shape index (κ2) is 10.7. The predicted octanol–water partition coefficient (Wildman–Crippen LogP) is 0.0989. The molecule has 5 N–H and O–H groups in total. The normalized spacial score (nSPS) is 13.3. The first-order chi connectivity index (χ1) is 9.42. The standard InChI is InChI=1S/C11H21N3O4S2/c1-19-5-3-7(14-11(12)18)9(15)13-8(10(16)17)4-6-20-2/h7-8H,3-6H2,1-2H3,(H,13,15)(H,16,17)(H3,12,14,18)/t7?,8-/m0/s1. The van der Waals surface area contributed by atoms with E-state index in [0.717, 1.165) is 0 Å². The largest absolute Gasteiger partial charge is 0.480 e. The monoisotopic (exact) mass is 323 g/mol. The van der Waals surface area contributed by atoms with E-state index in [0.29, 0.717) is 24.3 Å². The summed E-state index contributed by atoms with van der Waals surface area (Å²) in [6.45, 7) is 0. The maximum atomic E-state index is 12.0. The summed E-state index contributed by atoms with van der Waals surface area (Å²) in [5.41, 5.74) is 5.02. The summed E-state index contributed by atoms with van der Waals surface area (Å²) in [5, 5.41) is 13.8. The van der Waals surface area contributed by atoms with Crippen LogP contribution in [-0.2, 0) is 9.59 Å². The Balaban J connectivity index is 4.59. The van der Waals surface area contributed by atoms with Gasteiger partial charge in [0.05, 0.1) is 0 Å². The van der Waals surface area contributed by atoms with E-state index in [9.17, 15) is 14.4 Å². The molecule has 7 nitrogen and oxygen atoms in total. The van der Waals surface area contributed by atoms with Gasteiger partial charge in [0.1, 0.15) is 12.1 Å². The molecule has 0 heterocycles. The molecule has 0 saturated carbocycles. The Hall–Kier alpha value is -1.09. The third-order valence-electron chi connectivity index (χ3n) is 2.47. The number of primary amides is 1. The van der Waals surface area contributed by atoms with Crippen LogP contribution in [0.2, 0.25) is 0 Å². The van der Waals surface area contributed by atoms with Gasteiger partial charge in [-0.25, -0.2) is 9.59 Å². The Morgan fingerprint density at radius 1 is 1.05 bits per heavy atom. The Kier molecular flexibility index (Phi) is 10.1. The van der Waals surface area contributed by atoms with E-state index in [1.165, 1.54) is 23.5 Å². The van der Waals surface area contributed by atoms with Crippen LogP contribution in [0.1, 0.15) is 12.8 Å². The topological polar surface area (TPSA) is 122 Å². The third kappa shape index (κ3) is 8.16. The van der Waals surface area contributed by atoms with E-state index < -0.39 is 30.0 Å². The molecule has 0 spiro atoms. The molecule has 0 bridgehead atoms. The molecule has 0 rings (SSSR count). The van der Waals surface area contributed by atoms with Crippen molar-refractivity contribution in [1.29, 1.82) is 0 Å². The van der Waals surface area contributed by atoms with Crippen molar-refractivity contribution in [2.24, 2.45) is 5.73 Å². The third-order valence-corrected chi connectivity index (χ3v) is 3.76. The summed E-state index contributed by atoms with van der Waals surface area (Å²) in [7, 11) is 0. The van der Waals surface area contributed by atoms with Gasteiger partial charge in [-0.2, -0.15) is 23.5 Å². The van der Waals surface area contributed by atoms with Crippen molar-refractivity contribution in [1.82, 2.24) is 10.6 Å². The highest BCUT2D eigenvalue weighted by Crippen LogP contribution is 2.04. The van der Waals surface area contributed by atoms with Crippen molar-refractivity contribution in [2.75, 3.05) is 24.0 Å². The number of carboxylic acids is 1. The summed E-state index contributed by atoms with van der Waals surface area (Å²) in [6.07, 6.45) is 4.45. The molecule has 0 aromatic heterocycles. The number of urea groups is 1. The van der Waals surface area contributed by atoms with Crippen LogP contribution in [0.4, 0.5) is 4.79 Å². The van der Waals surface area contributed by atoms with E-state index >= 15 is 0 Å². The van der Waals surface area contributed by atoms with Crippen molar-refractivity contribution >= 4 is 41.4 Å². The zero-order valence-corrected chi connectivity index (χ0v) is 13.2. The summed E-state index contributed by atoms with van der Waals surface area (Å²) in [6, 6.07) is -2.57. The smallest absolute Gasteiger partial charge is 0.326 e. The first-order valence-electron chi connectivity index (χ1n) is 5.99. The summed E-state index contributed by atoms with van der Waals surface area (Å²) < 4.78 is 0. The zero-order valence-electron chi connectivity index (χ0n) is 11.5. The molecule has 0 aliphatic rings. The van der Waals surface area contributed by atoms with E-state index in [4.69, 9.17) is 10.8 Å². The van der Waals surface area contributed by atoms with Crippen LogP contribution in [0.5, 0.6) is 0 Å². The number of nitrogens with two attached hydrogens (primary N) is 1. The molecule has 9 heteroatoms. The number of carboxylic acid groups (broad SMARTS) is 1. The lowest BCUT2D eigenvalue weighted by Crippen LogP contribution is -2.53. The minimum Gasteiger partial charge on any atom is -0.480 e. The summed E-state index contributed by atoms with van der Waals surface area (Å²) >= 11 is 3.02. The molecule has 0 aliphatic carbocycles. The number of aliphatic carboxylic acids is 1. The van der Waals surface area contributed by atoms with E-state index in [2.05, 4.69) is 10.6 Å². The number of nitrogens with one attached hydrogen (secondary N) is 2. The van der Waals surface area contributed by atoms with Gasteiger partial charge in [-0.05, 0) is 36.9 Å². The Morgan fingerprint density at radius 3 is 1.95 bits per heavy atom. The first kappa shape index (κ1) is 18.9. The van der Waals surface area contributed by atoms with Gasteiger partial charge >= 0.3 is 12.0 Å². The maximum absolute atomic E-state index is 12.0. The lowest BCUT2D eigenvalue weighted by Gasteiger charge is -2.20.